The second-order valence-electron chi connectivity index (χ2n) is 5.93. The Labute approximate surface area is 167 Å². The van der Waals surface area contributed by atoms with Crippen molar-refractivity contribution in [1.82, 2.24) is 0 Å². The van der Waals surface area contributed by atoms with Gasteiger partial charge in [0.2, 0.25) is 0 Å². The van der Waals surface area contributed by atoms with Crippen molar-refractivity contribution in [2.45, 2.75) is 24.5 Å². The maximum Gasteiger partial charge on any atom is 0.305 e. The maximum absolute atomic E-state index is 11.8. The lowest BCUT2D eigenvalue weighted by Crippen LogP contribution is -2.22. The average Bonchev–Trinajstić information content (AvgIpc) is 2.69. The number of esters is 1. The number of ether oxygens (including phenoxy) is 1. The molecule has 6 nitrogen and oxygen atoms in total. The van der Waals surface area contributed by atoms with Crippen molar-refractivity contribution in [3.8, 4) is 6.07 Å². The fourth-order valence-corrected chi connectivity index (χ4v) is 4.13. The Morgan fingerprint density at radius 1 is 1.37 bits per heavy atom. The van der Waals surface area contributed by atoms with Crippen LogP contribution in [-0.4, -0.2) is 28.1 Å². The topological polar surface area (TPSA) is 98.9 Å². The Morgan fingerprint density at radius 2 is 2.11 bits per heavy atom. The van der Waals surface area contributed by atoms with Crippen LogP contribution >= 0.6 is 24.0 Å². The molecule has 2 aromatic rings. The molecule has 1 unspecified atom stereocenters. The van der Waals surface area contributed by atoms with Crippen LogP contribution in [0.3, 0.4) is 0 Å². The van der Waals surface area contributed by atoms with Crippen LogP contribution in [0, 0.1) is 11.3 Å². The number of carbonyl (C=O) groups excluding carboxylic acids is 1. The fraction of sp³-hybridized carbons (Fsp3) is 0.316. The van der Waals surface area contributed by atoms with Crippen molar-refractivity contribution in [2.75, 3.05) is 13.2 Å². The molecular weight excluding hydrogens is 380 g/mol. The predicted octanol–water partition coefficient (Wildman–Crippen LogP) is 5.16. The van der Waals surface area contributed by atoms with E-state index in [0.717, 1.165) is 16.3 Å². The summed E-state index contributed by atoms with van der Waals surface area (Å²) >= 11 is 6.88. The van der Waals surface area contributed by atoms with Crippen LogP contribution in [0.15, 0.2) is 47.6 Å². The minimum Gasteiger partial charge on any atom is -0.466 e. The van der Waals surface area contributed by atoms with Crippen LogP contribution in [-0.2, 0) is 9.53 Å². The molecule has 0 radical (unpaired) electrons. The summed E-state index contributed by atoms with van der Waals surface area (Å²) in [4.78, 5) is 14.4. The normalized spacial score (nSPS) is 12.4. The van der Waals surface area contributed by atoms with Crippen LogP contribution in [0.25, 0.3) is 21.2 Å². The molecule has 0 aliphatic carbocycles. The molecule has 0 bridgehead atoms. The summed E-state index contributed by atoms with van der Waals surface area (Å²) in [5.74, 6) is -0.429. The van der Waals surface area contributed by atoms with E-state index in [1.54, 1.807) is 6.92 Å². The van der Waals surface area contributed by atoms with Gasteiger partial charge in [0.1, 0.15) is 4.75 Å². The molecular formula is C19H18N4O2S2. The van der Waals surface area contributed by atoms with Crippen LogP contribution in [0.4, 0.5) is 0 Å². The van der Waals surface area contributed by atoms with Crippen molar-refractivity contribution < 1.29 is 9.53 Å². The standard InChI is InChI=1S/C19H18N4O2S2/c1-19(13-20,10-9-17(24)25-12-11-22-23-21)27-18(26)16-8-4-6-14-5-2-3-7-15(14)16/h2-8H,9-12H2,1H3. The molecule has 0 saturated carbocycles. The molecule has 0 amide bonds. The molecule has 2 rings (SSSR count). The van der Waals surface area contributed by atoms with E-state index in [2.05, 4.69) is 16.1 Å². The molecule has 27 heavy (non-hydrogen) atoms. The Balaban J connectivity index is 2.02. The Kier molecular flexibility index (Phi) is 7.62. The van der Waals surface area contributed by atoms with Crippen molar-refractivity contribution in [3.63, 3.8) is 0 Å². The molecule has 8 heteroatoms. The van der Waals surface area contributed by atoms with Gasteiger partial charge in [0, 0.05) is 16.9 Å². The molecule has 0 aromatic heterocycles. The summed E-state index contributed by atoms with van der Waals surface area (Å²) in [6.07, 6.45) is 0.394. The predicted molar refractivity (Wildman–Crippen MR) is 111 cm³/mol. The van der Waals surface area contributed by atoms with E-state index < -0.39 is 10.7 Å². The summed E-state index contributed by atoms with van der Waals surface area (Å²) in [6.45, 7) is 1.90. The number of fused-ring (bicyclic) bond motifs is 1. The van der Waals surface area contributed by atoms with Gasteiger partial charge in [-0.3, -0.25) is 4.79 Å². The summed E-state index contributed by atoms with van der Waals surface area (Å²) in [7, 11) is 0. The first kappa shape index (κ1) is 20.7. The SMILES string of the molecule is CC(C#N)(CCC(=O)OCCN=[N+]=[N-])SC(=S)c1cccc2ccccc12. The summed E-state index contributed by atoms with van der Waals surface area (Å²) in [5.41, 5.74) is 9.09. The maximum atomic E-state index is 11.8. The first-order valence-electron chi connectivity index (χ1n) is 8.28. The minimum atomic E-state index is -0.849. The Bertz CT molecular complexity index is 929. The molecule has 0 saturated heterocycles. The van der Waals surface area contributed by atoms with Gasteiger partial charge < -0.3 is 4.74 Å². The lowest BCUT2D eigenvalue weighted by atomic mass is 10.1. The Morgan fingerprint density at radius 3 is 2.85 bits per heavy atom. The molecule has 0 fully saturated rings. The summed E-state index contributed by atoms with van der Waals surface area (Å²) in [6, 6.07) is 16.1. The van der Waals surface area contributed by atoms with E-state index in [-0.39, 0.29) is 19.6 Å². The van der Waals surface area contributed by atoms with Crippen LogP contribution in [0.1, 0.15) is 25.3 Å². The van der Waals surface area contributed by atoms with Gasteiger partial charge in [-0.25, -0.2) is 0 Å². The highest BCUT2D eigenvalue weighted by molar-refractivity contribution is 8.24. The van der Waals surface area contributed by atoms with Gasteiger partial charge in [-0.15, -0.1) is 0 Å². The second-order valence-corrected chi connectivity index (χ2v) is 8.11. The number of carbonyl (C=O) groups is 1. The third kappa shape index (κ3) is 5.97. The average molecular weight is 399 g/mol. The number of hydrogen-bond donors (Lipinski definition) is 0. The van der Waals surface area contributed by atoms with E-state index in [9.17, 15) is 10.1 Å². The molecule has 0 aliphatic rings. The van der Waals surface area contributed by atoms with Crippen LogP contribution < -0.4 is 0 Å². The number of hydrogen-bond acceptors (Lipinski definition) is 6. The highest BCUT2D eigenvalue weighted by Gasteiger charge is 2.28. The van der Waals surface area contributed by atoms with E-state index >= 15 is 0 Å². The molecule has 0 heterocycles. The molecule has 138 valence electrons. The first-order chi connectivity index (χ1) is 13.0. The van der Waals surface area contributed by atoms with E-state index in [0.29, 0.717) is 10.6 Å². The van der Waals surface area contributed by atoms with Gasteiger partial charge in [0.25, 0.3) is 0 Å². The van der Waals surface area contributed by atoms with Gasteiger partial charge in [0.15, 0.2) is 0 Å². The monoisotopic (exact) mass is 398 g/mol. The third-order valence-corrected chi connectivity index (χ3v) is 5.51. The van der Waals surface area contributed by atoms with Crippen molar-refractivity contribution >= 4 is 44.9 Å². The zero-order chi connectivity index (χ0) is 19.7. The number of nitrogens with zero attached hydrogens (tertiary/aromatic N) is 4. The lowest BCUT2D eigenvalue weighted by molar-refractivity contribution is -0.143. The molecule has 2 aromatic carbocycles. The zero-order valence-electron chi connectivity index (χ0n) is 14.8. The second kappa shape index (κ2) is 9.93. The van der Waals surface area contributed by atoms with Gasteiger partial charge >= 0.3 is 5.97 Å². The summed E-state index contributed by atoms with van der Waals surface area (Å²) < 4.78 is 4.74. The highest BCUT2D eigenvalue weighted by atomic mass is 32.2. The quantitative estimate of drug-likeness (QED) is 0.153. The molecule has 0 N–H and O–H groups in total. The number of thiocarbonyl (C=S) groups is 1. The van der Waals surface area contributed by atoms with Gasteiger partial charge in [-0.05, 0) is 29.6 Å². The number of rotatable bonds is 8. The van der Waals surface area contributed by atoms with Crippen LogP contribution in [0.5, 0.6) is 0 Å². The molecule has 0 spiro atoms. The molecule has 1 atom stereocenters. The first-order valence-corrected chi connectivity index (χ1v) is 9.50. The van der Waals surface area contributed by atoms with Gasteiger partial charge in [-0.2, -0.15) is 5.26 Å². The minimum absolute atomic E-state index is 0.0354. The number of thioether (sulfide) groups is 1. The number of nitriles is 1. The third-order valence-electron chi connectivity index (χ3n) is 3.89. The number of azide groups is 1. The number of benzene rings is 2. The van der Waals surface area contributed by atoms with Gasteiger partial charge in [-0.1, -0.05) is 71.6 Å². The fourth-order valence-electron chi connectivity index (χ4n) is 2.45. The van der Waals surface area contributed by atoms with Crippen molar-refractivity contribution in [2.24, 2.45) is 5.11 Å². The van der Waals surface area contributed by atoms with Crippen LogP contribution in [0.2, 0.25) is 0 Å². The highest BCUT2D eigenvalue weighted by Crippen LogP contribution is 2.35. The van der Waals surface area contributed by atoms with Crippen molar-refractivity contribution in [1.29, 1.82) is 5.26 Å². The smallest absolute Gasteiger partial charge is 0.305 e. The van der Waals surface area contributed by atoms with Gasteiger partial charge in [0.05, 0.1) is 23.4 Å². The Hall–Kier alpha value is -2.59. The lowest BCUT2D eigenvalue weighted by Gasteiger charge is -2.21. The van der Waals surface area contributed by atoms with E-state index in [1.807, 2.05) is 42.5 Å². The zero-order valence-corrected chi connectivity index (χ0v) is 16.4. The van der Waals surface area contributed by atoms with Crippen molar-refractivity contribution in [3.05, 3.63) is 58.5 Å². The van der Waals surface area contributed by atoms with E-state index in [1.165, 1.54) is 11.8 Å². The molecule has 0 aliphatic heterocycles. The van der Waals surface area contributed by atoms with E-state index in [4.69, 9.17) is 22.5 Å². The largest absolute Gasteiger partial charge is 0.466 e. The summed E-state index contributed by atoms with van der Waals surface area (Å²) in [5, 5.41) is 15.0.